The van der Waals surface area contributed by atoms with Crippen molar-refractivity contribution in [3.8, 4) is 6.07 Å². The van der Waals surface area contributed by atoms with Gasteiger partial charge in [0.25, 0.3) is 0 Å². The highest BCUT2D eigenvalue weighted by Crippen LogP contribution is 2.44. The molecule has 0 bridgehead atoms. The molecule has 0 atom stereocenters. The third kappa shape index (κ3) is 6.76. The van der Waals surface area contributed by atoms with Crippen molar-refractivity contribution < 1.29 is 13.6 Å². The van der Waals surface area contributed by atoms with Gasteiger partial charge in [-0.25, -0.2) is 8.78 Å². The third-order valence-electron chi connectivity index (χ3n) is 5.13. The van der Waals surface area contributed by atoms with Gasteiger partial charge < -0.3 is 10.6 Å². The van der Waals surface area contributed by atoms with Crippen LogP contribution in [-0.4, -0.2) is 24.9 Å². The Labute approximate surface area is 192 Å². The van der Waals surface area contributed by atoms with Crippen LogP contribution in [0.4, 0.5) is 8.78 Å². The lowest BCUT2D eigenvalue weighted by Gasteiger charge is -2.18. The molecule has 0 spiro atoms. The summed E-state index contributed by atoms with van der Waals surface area (Å²) in [6, 6.07) is 8.61. The molecule has 0 aromatic heterocycles. The van der Waals surface area contributed by atoms with Gasteiger partial charge in [-0.3, -0.25) is 9.93 Å². The van der Waals surface area contributed by atoms with Crippen LogP contribution < -0.4 is 10.9 Å². The number of carbonyl (C=O) groups excluding carboxylic acids is 1. The molecular formula is C24H30F2N4OS. The number of amides is 1. The van der Waals surface area contributed by atoms with E-state index in [1.54, 1.807) is 12.1 Å². The quantitative estimate of drug-likeness (QED) is 0.590. The molecule has 0 radical (unpaired) electrons. The van der Waals surface area contributed by atoms with Crippen molar-refractivity contribution in [1.82, 2.24) is 4.90 Å². The molecule has 1 amide bonds. The molecule has 1 aliphatic carbocycles. The van der Waals surface area contributed by atoms with Crippen molar-refractivity contribution in [1.29, 1.82) is 5.26 Å². The molecule has 1 aliphatic rings. The number of nitriles is 1. The van der Waals surface area contributed by atoms with Gasteiger partial charge in [0.1, 0.15) is 17.7 Å². The van der Waals surface area contributed by atoms with Crippen molar-refractivity contribution >= 4 is 17.9 Å². The van der Waals surface area contributed by atoms with Crippen LogP contribution in [0.5, 0.6) is 0 Å². The van der Waals surface area contributed by atoms with Gasteiger partial charge in [-0.1, -0.05) is 19.9 Å². The molecule has 0 aliphatic heterocycles. The molecule has 32 heavy (non-hydrogen) atoms. The minimum atomic E-state index is -0.502. The first-order valence-corrected chi connectivity index (χ1v) is 11.3. The Morgan fingerprint density at radius 2 is 1.94 bits per heavy atom. The summed E-state index contributed by atoms with van der Waals surface area (Å²) >= 11 is 0.934. The number of rotatable bonds is 7. The average Bonchev–Trinajstić information content (AvgIpc) is 3.53. The van der Waals surface area contributed by atoms with Crippen LogP contribution in [0.2, 0.25) is 0 Å². The summed E-state index contributed by atoms with van der Waals surface area (Å²) in [6.45, 7) is 4.47. The number of hydrogen-bond donors (Lipinski definition) is 2. The monoisotopic (exact) mass is 460 g/mol. The number of halogens is 2. The van der Waals surface area contributed by atoms with Crippen LogP contribution in [0, 0.1) is 23.0 Å². The normalized spacial score (nSPS) is 13.0. The van der Waals surface area contributed by atoms with Crippen molar-refractivity contribution in [2.75, 3.05) is 14.1 Å². The fraction of sp³-hybridized carbons (Fsp3) is 0.417. The number of nitrogens with zero attached hydrogens (tertiary/aromatic N) is 2. The second-order valence-electron chi connectivity index (χ2n) is 8.52. The molecule has 3 rings (SSSR count). The first kappa shape index (κ1) is 25.8. The number of primary amides is 1. The zero-order valence-corrected chi connectivity index (χ0v) is 19.7. The van der Waals surface area contributed by atoms with E-state index in [9.17, 15) is 13.6 Å². The van der Waals surface area contributed by atoms with Crippen LogP contribution in [0.1, 0.15) is 66.3 Å². The number of hydrogen-bond acceptors (Lipinski definition) is 5. The molecule has 172 valence electrons. The summed E-state index contributed by atoms with van der Waals surface area (Å²) in [5.41, 5.74) is 8.40. The molecule has 4 N–H and O–H groups in total. The second kappa shape index (κ2) is 11.4. The van der Waals surface area contributed by atoms with E-state index in [4.69, 9.17) is 16.1 Å². The standard InChI is InChI=1S/C15H17FN2O.C9H13FN2S/c1-8(2)14-12(6-13(18)19)11(9-3-4-9)5-10(7-17)15(14)16;1-12(2)6-7-3-4-9(13-11)8(10)5-7/h5,8-9H,3-4,6H2,1-2H3,(H2,18,19);3-5H,6,11H2,1-2H3. The highest BCUT2D eigenvalue weighted by Gasteiger charge is 2.31. The van der Waals surface area contributed by atoms with Gasteiger partial charge >= 0.3 is 0 Å². The lowest BCUT2D eigenvalue weighted by atomic mass is 9.87. The van der Waals surface area contributed by atoms with E-state index in [0.29, 0.717) is 21.9 Å². The summed E-state index contributed by atoms with van der Waals surface area (Å²) in [4.78, 5) is 13.7. The lowest BCUT2D eigenvalue weighted by molar-refractivity contribution is -0.117. The van der Waals surface area contributed by atoms with E-state index in [1.807, 2.05) is 45.0 Å². The molecule has 8 heteroatoms. The van der Waals surface area contributed by atoms with Gasteiger partial charge in [-0.05, 0) is 91.2 Å². The molecule has 0 unspecified atom stereocenters. The van der Waals surface area contributed by atoms with Crippen LogP contribution in [-0.2, 0) is 17.8 Å². The van der Waals surface area contributed by atoms with Gasteiger partial charge in [-0.2, -0.15) is 5.26 Å². The number of nitrogens with two attached hydrogens (primary N) is 2. The van der Waals surface area contributed by atoms with Crippen LogP contribution in [0.25, 0.3) is 0 Å². The molecule has 1 saturated carbocycles. The summed E-state index contributed by atoms with van der Waals surface area (Å²) in [5, 5.41) is 14.3. The summed E-state index contributed by atoms with van der Waals surface area (Å²) in [7, 11) is 3.90. The van der Waals surface area contributed by atoms with E-state index in [1.165, 1.54) is 6.07 Å². The maximum absolute atomic E-state index is 14.3. The third-order valence-corrected chi connectivity index (χ3v) is 5.72. The molecule has 2 aromatic rings. The zero-order chi connectivity index (χ0) is 24.0. The zero-order valence-electron chi connectivity index (χ0n) is 18.9. The number of carbonyl (C=O) groups is 1. The Hall–Kier alpha value is -2.47. The van der Waals surface area contributed by atoms with Crippen molar-refractivity contribution in [2.45, 2.75) is 56.4 Å². The minimum absolute atomic E-state index is 0.0436. The van der Waals surface area contributed by atoms with Gasteiger partial charge in [0.15, 0.2) is 0 Å². The van der Waals surface area contributed by atoms with Gasteiger partial charge in [-0.15, -0.1) is 0 Å². The van der Waals surface area contributed by atoms with Crippen LogP contribution >= 0.6 is 11.9 Å². The fourth-order valence-electron chi connectivity index (χ4n) is 3.66. The summed E-state index contributed by atoms with van der Waals surface area (Å²) in [6.07, 6.45) is 2.10. The minimum Gasteiger partial charge on any atom is -0.369 e. The Balaban J connectivity index is 0.000000244. The molecule has 2 aromatic carbocycles. The molecular weight excluding hydrogens is 430 g/mol. The summed E-state index contributed by atoms with van der Waals surface area (Å²) < 4.78 is 27.5. The highest BCUT2D eigenvalue weighted by atomic mass is 32.2. The molecule has 0 heterocycles. The molecule has 5 nitrogen and oxygen atoms in total. The van der Waals surface area contributed by atoms with E-state index in [0.717, 1.165) is 42.5 Å². The Morgan fingerprint density at radius 3 is 2.38 bits per heavy atom. The van der Waals surface area contributed by atoms with E-state index >= 15 is 0 Å². The average molecular weight is 461 g/mol. The predicted octanol–water partition coefficient (Wildman–Crippen LogP) is 4.58. The van der Waals surface area contributed by atoms with E-state index in [-0.39, 0.29) is 23.7 Å². The fourth-order valence-corrected chi connectivity index (χ4v) is 3.97. The smallest absolute Gasteiger partial charge is 0.221 e. The maximum atomic E-state index is 14.3. The van der Waals surface area contributed by atoms with Crippen LogP contribution in [0.15, 0.2) is 29.2 Å². The maximum Gasteiger partial charge on any atom is 0.221 e. The Bertz CT molecular complexity index is 1010. The number of benzene rings is 2. The molecule has 0 saturated heterocycles. The first-order chi connectivity index (χ1) is 15.1. The van der Waals surface area contributed by atoms with Gasteiger partial charge in [0, 0.05) is 6.54 Å². The van der Waals surface area contributed by atoms with Crippen molar-refractivity contribution in [3.05, 3.63) is 63.7 Å². The molecule has 1 fully saturated rings. The largest absolute Gasteiger partial charge is 0.369 e. The Morgan fingerprint density at radius 1 is 1.28 bits per heavy atom. The van der Waals surface area contributed by atoms with Crippen molar-refractivity contribution in [3.63, 3.8) is 0 Å². The second-order valence-corrected chi connectivity index (χ2v) is 9.20. The SMILES string of the molecule is CC(C)c1c(F)c(C#N)cc(C2CC2)c1CC(N)=O.CN(C)Cc1ccc(SN)c(F)c1. The topological polar surface area (TPSA) is 96.1 Å². The summed E-state index contributed by atoms with van der Waals surface area (Å²) in [5.74, 6) is -0.947. The van der Waals surface area contributed by atoms with E-state index < -0.39 is 11.7 Å². The Kier molecular flexibility index (Phi) is 9.20. The van der Waals surface area contributed by atoms with Crippen LogP contribution in [0.3, 0.4) is 0 Å². The lowest BCUT2D eigenvalue weighted by Crippen LogP contribution is -2.18. The predicted molar refractivity (Wildman–Crippen MR) is 124 cm³/mol. The first-order valence-electron chi connectivity index (χ1n) is 10.4. The van der Waals surface area contributed by atoms with Gasteiger partial charge in [0.05, 0.1) is 16.9 Å². The van der Waals surface area contributed by atoms with Crippen molar-refractivity contribution in [2.24, 2.45) is 10.9 Å². The van der Waals surface area contributed by atoms with Gasteiger partial charge in [0.2, 0.25) is 5.91 Å². The van der Waals surface area contributed by atoms with E-state index in [2.05, 4.69) is 0 Å². The highest BCUT2D eigenvalue weighted by molar-refractivity contribution is 7.97.